The summed E-state index contributed by atoms with van der Waals surface area (Å²) >= 11 is 0. The predicted octanol–water partition coefficient (Wildman–Crippen LogP) is 5.23. The van der Waals surface area contributed by atoms with Crippen molar-refractivity contribution < 1.29 is 9.53 Å². The molecular weight excluding hydrogens is 372 g/mol. The standard InChI is InChI=1S/C26H24N2O2/c1-25(2)21-13-7-8-14-22(21)28(18-24(29)27-20-11-4-3-5-12-20)26(25)17-16-19-10-6-9-15-23(19)30-26/h3-17H,18H2,1-2H3,(H,27,29). The van der Waals surface area contributed by atoms with Gasteiger partial charge >= 0.3 is 0 Å². The fourth-order valence-corrected chi connectivity index (χ4v) is 4.61. The van der Waals surface area contributed by atoms with Crippen LogP contribution in [0.2, 0.25) is 0 Å². The molecule has 0 saturated heterocycles. The smallest absolute Gasteiger partial charge is 0.244 e. The number of amides is 1. The SMILES string of the molecule is CC1(C)c2ccccc2N(CC(=O)Nc2ccccc2)C12C=Cc1ccccc1O2. The Balaban J connectivity index is 1.56. The lowest BCUT2D eigenvalue weighted by molar-refractivity contribution is -0.115. The van der Waals surface area contributed by atoms with Gasteiger partial charge in [0.1, 0.15) is 12.3 Å². The summed E-state index contributed by atoms with van der Waals surface area (Å²) in [4.78, 5) is 15.1. The minimum absolute atomic E-state index is 0.0797. The molecule has 3 aromatic carbocycles. The summed E-state index contributed by atoms with van der Waals surface area (Å²) in [5.74, 6) is 0.748. The number of ether oxygens (including phenoxy) is 1. The maximum absolute atomic E-state index is 13.0. The molecular formula is C26H24N2O2. The first kappa shape index (κ1) is 18.5. The van der Waals surface area contributed by atoms with Crippen LogP contribution in [0.4, 0.5) is 11.4 Å². The van der Waals surface area contributed by atoms with E-state index in [9.17, 15) is 4.79 Å². The van der Waals surface area contributed by atoms with E-state index in [0.29, 0.717) is 0 Å². The summed E-state index contributed by atoms with van der Waals surface area (Å²) in [6, 6.07) is 25.8. The maximum atomic E-state index is 13.0. The molecule has 0 saturated carbocycles. The molecule has 1 atom stereocenters. The quantitative estimate of drug-likeness (QED) is 0.660. The van der Waals surface area contributed by atoms with Crippen LogP contribution in [-0.4, -0.2) is 18.2 Å². The molecule has 1 unspecified atom stereocenters. The molecule has 4 nitrogen and oxygen atoms in total. The van der Waals surface area contributed by atoms with Crippen molar-refractivity contribution in [2.75, 3.05) is 16.8 Å². The predicted molar refractivity (Wildman–Crippen MR) is 121 cm³/mol. The molecule has 0 bridgehead atoms. The van der Waals surface area contributed by atoms with Gasteiger partial charge in [-0.15, -0.1) is 0 Å². The number of rotatable bonds is 3. The molecule has 30 heavy (non-hydrogen) atoms. The highest BCUT2D eigenvalue weighted by Crippen LogP contribution is 2.54. The van der Waals surface area contributed by atoms with Gasteiger partial charge in [0, 0.05) is 16.9 Å². The van der Waals surface area contributed by atoms with Crippen LogP contribution < -0.4 is 15.0 Å². The molecule has 0 fully saturated rings. The van der Waals surface area contributed by atoms with Crippen molar-refractivity contribution in [1.29, 1.82) is 0 Å². The maximum Gasteiger partial charge on any atom is 0.244 e. The average Bonchev–Trinajstić information content (AvgIpc) is 2.93. The first-order valence-corrected chi connectivity index (χ1v) is 10.2. The molecule has 2 aliphatic rings. The van der Waals surface area contributed by atoms with E-state index in [-0.39, 0.29) is 17.9 Å². The van der Waals surface area contributed by atoms with Crippen molar-refractivity contribution in [3.05, 3.63) is 96.1 Å². The second-order valence-electron chi connectivity index (χ2n) is 8.31. The highest BCUT2D eigenvalue weighted by Gasteiger charge is 2.59. The number of hydrogen-bond donors (Lipinski definition) is 1. The number of nitrogens with one attached hydrogen (secondary N) is 1. The lowest BCUT2D eigenvalue weighted by Gasteiger charge is -2.46. The van der Waals surface area contributed by atoms with E-state index in [1.807, 2.05) is 66.7 Å². The van der Waals surface area contributed by atoms with Gasteiger partial charge < -0.3 is 15.0 Å². The molecule has 1 N–H and O–H groups in total. The molecule has 0 aromatic heterocycles. The van der Waals surface area contributed by atoms with Crippen LogP contribution in [-0.2, 0) is 10.2 Å². The van der Waals surface area contributed by atoms with Crippen LogP contribution in [0.5, 0.6) is 5.75 Å². The van der Waals surface area contributed by atoms with Crippen LogP contribution in [0.25, 0.3) is 6.08 Å². The third kappa shape index (κ3) is 2.71. The average molecular weight is 396 g/mol. The van der Waals surface area contributed by atoms with Crippen molar-refractivity contribution in [3.8, 4) is 5.75 Å². The number of anilines is 2. The number of benzene rings is 3. The molecule has 150 valence electrons. The molecule has 2 heterocycles. The van der Waals surface area contributed by atoms with E-state index in [2.05, 4.69) is 48.3 Å². The summed E-state index contributed by atoms with van der Waals surface area (Å²) in [7, 11) is 0. The third-order valence-electron chi connectivity index (χ3n) is 6.20. The largest absolute Gasteiger partial charge is 0.463 e. The van der Waals surface area contributed by atoms with E-state index in [4.69, 9.17) is 4.74 Å². The van der Waals surface area contributed by atoms with Gasteiger partial charge in [-0.3, -0.25) is 4.79 Å². The zero-order valence-corrected chi connectivity index (χ0v) is 17.1. The normalized spacial score (nSPS) is 20.4. The van der Waals surface area contributed by atoms with E-state index in [0.717, 1.165) is 22.7 Å². The summed E-state index contributed by atoms with van der Waals surface area (Å²) in [5, 5.41) is 3.01. The van der Waals surface area contributed by atoms with Crippen LogP contribution in [0.1, 0.15) is 25.0 Å². The van der Waals surface area contributed by atoms with Gasteiger partial charge in [0.25, 0.3) is 0 Å². The van der Waals surface area contributed by atoms with Crippen LogP contribution in [0.3, 0.4) is 0 Å². The Morgan fingerprint density at radius 3 is 2.47 bits per heavy atom. The molecule has 5 rings (SSSR count). The van der Waals surface area contributed by atoms with Crippen LogP contribution in [0.15, 0.2) is 84.9 Å². The molecule has 4 heteroatoms. The van der Waals surface area contributed by atoms with Crippen molar-refractivity contribution in [3.63, 3.8) is 0 Å². The number of para-hydroxylation sites is 3. The van der Waals surface area contributed by atoms with E-state index < -0.39 is 5.72 Å². The molecule has 0 aliphatic carbocycles. The Hall–Kier alpha value is -3.53. The summed E-state index contributed by atoms with van der Waals surface area (Å²) in [6.45, 7) is 4.54. The number of carbonyl (C=O) groups excluding carboxylic acids is 1. The Morgan fingerprint density at radius 1 is 0.933 bits per heavy atom. The van der Waals surface area contributed by atoms with Gasteiger partial charge in [0.05, 0.1) is 5.41 Å². The van der Waals surface area contributed by atoms with Crippen molar-refractivity contribution in [2.24, 2.45) is 0 Å². The minimum Gasteiger partial charge on any atom is -0.463 e. The molecule has 2 aliphatic heterocycles. The first-order valence-electron chi connectivity index (χ1n) is 10.2. The van der Waals surface area contributed by atoms with Crippen molar-refractivity contribution in [1.82, 2.24) is 0 Å². The van der Waals surface area contributed by atoms with E-state index >= 15 is 0 Å². The lowest BCUT2D eigenvalue weighted by Crippen LogP contribution is -2.61. The monoisotopic (exact) mass is 396 g/mol. The van der Waals surface area contributed by atoms with Crippen LogP contribution >= 0.6 is 0 Å². The summed E-state index contributed by atoms with van der Waals surface area (Å²) in [6.07, 6.45) is 4.21. The number of carbonyl (C=O) groups is 1. The minimum atomic E-state index is -0.793. The van der Waals surface area contributed by atoms with E-state index in [1.165, 1.54) is 5.56 Å². The fourth-order valence-electron chi connectivity index (χ4n) is 4.61. The molecule has 1 amide bonds. The number of hydrogen-bond acceptors (Lipinski definition) is 3. The molecule has 1 spiro atoms. The molecule has 0 radical (unpaired) electrons. The zero-order chi connectivity index (χ0) is 20.8. The number of fused-ring (bicyclic) bond motifs is 2. The zero-order valence-electron chi connectivity index (χ0n) is 17.1. The topological polar surface area (TPSA) is 41.6 Å². The van der Waals surface area contributed by atoms with Gasteiger partial charge in [-0.25, -0.2) is 0 Å². The highest BCUT2D eigenvalue weighted by atomic mass is 16.5. The number of nitrogens with zero attached hydrogens (tertiary/aromatic N) is 1. The molecule has 3 aromatic rings. The van der Waals surface area contributed by atoms with Gasteiger partial charge in [-0.1, -0.05) is 54.6 Å². The van der Waals surface area contributed by atoms with Crippen LogP contribution in [0, 0.1) is 0 Å². The second-order valence-corrected chi connectivity index (χ2v) is 8.31. The van der Waals surface area contributed by atoms with Crippen molar-refractivity contribution >= 4 is 23.4 Å². The second kappa shape index (κ2) is 6.77. The van der Waals surface area contributed by atoms with Gasteiger partial charge in [-0.2, -0.15) is 0 Å². The fraction of sp³-hybridized carbons (Fsp3) is 0.192. The van der Waals surface area contributed by atoms with E-state index in [1.54, 1.807) is 0 Å². The first-order chi connectivity index (χ1) is 14.5. The Labute approximate surface area is 176 Å². The highest BCUT2D eigenvalue weighted by molar-refractivity contribution is 5.95. The van der Waals surface area contributed by atoms with Gasteiger partial charge in [0.15, 0.2) is 0 Å². The lowest BCUT2D eigenvalue weighted by atomic mass is 9.76. The van der Waals surface area contributed by atoms with Gasteiger partial charge in [0.2, 0.25) is 11.6 Å². The van der Waals surface area contributed by atoms with Gasteiger partial charge in [-0.05, 0) is 55.8 Å². The Morgan fingerprint density at radius 2 is 1.63 bits per heavy atom. The van der Waals surface area contributed by atoms with Crippen molar-refractivity contribution in [2.45, 2.75) is 25.0 Å². The Kier molecular flexibility index (Phi) is 4.17. The summed E-state index contributed by atoms with van der Waals surface area (Å²) < 4.78 is 6.70. The summed E-state index contributed by atoms with van der Waals surface area (Å²) in [5.41, 5.74) is 2.87. The Bertz CT molecular complexity index is 1140. The third-order valence-corrected chi connectivity index (χ3v) is 6.20.